The molecule has 0 fully saturated rings. The Kier molecular flexibility index (Phi) is 3.63. The number of hydrogen-bond acceptors (Lipinski definition) is 2. The molecule has 2 rings (SSSR count). The van der Waals surface area contributed by atoms with Gasteiger partial charge in [-0.15, -0.1) is 0 Å². The molecule has 0 amide bonds. The SMILES string of the molecule is CC(=O)c1ccccc1Oc1ccc(F)c(Cl)c1. The number of carbonyl (C=O) groups excluding carboxylic acids is 1. The van der Waals surface area contributed by atoms with E-state index in [1.165, 1.54) is 25.1 Å². The van der Waals surface area contributed by atoms with E-state index in [9.17, 15) is 9.18 Å². The molecule has 0 atom stereocenters. The van der Waals surface area contributed by atoms with Gasteiger partial charge in [-0.25, -0.2) is 4.39 Å². The number of halogens is 2. The molecular formula is C14H10ClFO2. The van der Waals surface area contributed by atoms with Gasteiger partial charge in [-0.3, -0.25) is 4.79 Å². The van der Waals surface area contributed by atoms with Crippen molar-refractivity contribution in [3.63, 3.8) is 0 Å². The Morgan fingerprint density at radius 2 is 1.94 bits per heavy atom. The van der Waals surface area contributed by atoms with Gasteiger partial charge in [-0.2, -0.15) is 0 Å². The number of hydrogen-bond donors (Lipinski definition) is 0. The average molecular weight is 265 g/mol. The van der Waals surface area contributed by atoms with Gasteiger partial charge in [0.1, 0.15) is 17.3 Å². The second-order valence-corrected chi connectivity index (χ2v) is 4.14. The van der Waals surface area contributed by atoms with E-state index in [0.29, 0.717) is 17.1 Å². The standard InChI is InChI=1S/C14H10ClFO2/c1-9(17)11-4-2-3-5-14(11)18-10-6-7-13(16)12(15)8-10/h2-8H,1H3. The van der Waals surface area contributed by atoms with Crippen molar-refractivity contribution in [2.45, 2.75) is 6.92 Å². The minimum Gasteiger partial charge on any atom is -0.457 e. The predicted molar refractivity (Wildman–Crippen MR) is 67.9 cm³/mol. The monoisotopic (exact) mass is 264 g/mol. The maximum absolute atomic E-state index is 13.0. The van der Waals surface area contributed by atoms with E-state index in [4.69, 9.17) is 16.3 Å². The third-order valence-corrected chi connectivity index (χ3v) is 2.67. The summed E-state index contributed by atoms with van der Waals surface area (Å²) in [5.74, 6) is 0.199. The molecule has 4 heteroatoms. The van der Waals surface area contributed by atoms with Gasteiger partial charge < -0.3 is 4.74 Å². The predicted octanol–water partition coefficient (Wildman–Crippen LogP) is 4.47. The van der Waals surface area contributed by atoms with Crippen LogP contribution < -0.4 is 4.74 Å². The molecule has 2 aromatic carbocycles. The summed E-state index contributed by atoms with van der Waals surface area (Å²) in [5, 5.41) is -0.0205. The maximum atomic E-state index is 13.0. The van der Waals surface area contributed by atoms with Crippen LogP contribution >= 0.6 is 11.6 Å². The van der Waals surface area contributed by atoms with Gasteiger partial charge in [0.05, 0.1) is 10.6 Å². The minimum atomic E-state index is -0.510. The lowest BCUT2D eigenvalue weighted by Gasteiger charge is -2.09. The molecule has 92 valence electrons. The van der Waals surface area contributed by atoms with Crippen LogP contribution in [-0.4, -0.2) is 5.78 Å². The molecule has 0 bridgehead atoms. The van der Waals surface area contributed by atoms with E-state index in [1.54, 1.807) is 24.3 Å². The van der Waals surface area contributed by atoms with Crippen LogP contribution in [0.5, 0.6) is 11.5 Å². The summed E-state index contributed by atoms with van der Waals surface area (Å²) in [5.41, 5.74) is 0.470. The molecule has 0 saturated heterocycles. The van der Waals surface area contributed by atoms with Gasteiger partial charge in [0.25, 0.3) is 0 Å². The Labute approximate surface area is 109 Å². The van der Waals surface area contributed by atoms with Gasteiger partial charge in [-0.05, 0) is 31.2 Å². The van der Waals surface area contributed by atoms with Gasteiger partial charge in [-0.1, -0.05) is 23.7 Å². The van der Waals surface area contributed by atoms with Crippen LogP contribution in [0.1, 0.15) is 17.3 Å². The molecule has 0 N–H and O–H groups in total. The third kappa shape index (κ3) is 2.68. The molecule has 0 saturated carbocycles. The summed E-state index contributed by atoms with van der Waals surface area (Å²) in [7, 11) is 0. The summed E-state index contributed by atoms with van der Waals surface area (Å²) in [6, 6.07) is 10.9. The lowest BCUT2D eigenvalue weighted by atomic mass is 10.1. The van der Waals surface area contributed by atoms with Crippen molar-refractivity contribution in [2.24, 2.45) is 0 Å². The van der Waals surface area contributed by atoms with E-state index in [2.05, 4.69) is 0 Å². The number of para-hydroxylation sites is 1. The van der Waals surface area contributed by atoms with Crippen molar-refractivity contribution in [3.05, 3.63) is 58.9 Å². The first-order chi connectivity index (χ1) is 8.58. The van der Waals surface area contributed by atoms with Crippen LogP contribution in [0.3, 0.4) is 0 Å². The Morgan fingerprint density at radius 3 is 2.61 bits per heavy atom. The fourth-order valence-electron chi connectivity index (χ4n) is 1.51. The molecular weight excluding hydrogens is 255 g/mol. The van der Waals surface area contributed by atoms with E-state index in [-0.39, 0.29) is 10.8 Å². The van der Waals surface area contributed by atoms with Crippen molar-refractivity contribution in [1.29, 1.82) is 0 Å². The van der Waals surface area contributed by atoms with Crippen molar-refractivity contribution in [1.82, 2.24) is 0 Å². The molecule has 0 aromatic heterocycles. The minimum absolute atomic E-state index is 0.0205. The zero-order valence-electron chi connectivity index (χ0n) is 9.61. The lowest BCUT2D eigenvalue weighted by Crippen LogP contribution is -1.96. The summed E-state index contributed by atoms with van der Waals surface area (Å²) < 4.78 is 18.5. The van der Waals surface area contributed by atoms with Crippen LogP contribution in [0.15, 0.2) is 42.5 Å². The maximum Gasteiger partial charge on any atom is 0.163 e. The smallest absolute Gasteiger partial charge is 0.163 e. The van der Waals surface area contributed by atoms with Crippen molar-refractivity contribution in [3.8, 4) is 11.5 Å². The first-order valence-electron chi connectivity index (χ1n) is 5.31. The number of ether oxygens (including phenoxy) is 1. The highest BCUT2D eigenvalue weighted by Crippen LogP contribution is 2.28. The molecule has 0 aliphatic carbocycles. The number of carbonyl (C=O) groups is 1. The van der Waals surface area contributed by atoms with Crippen LogP contribution in [0.4, 0.5) is 4.39 Å². The number of ketones is 1. The number of rotatable bonds is 3. The van der Waals surface area contributed by atoms with Gasteiger partial charge in [0.2, 0.25) is 0 Å². The van der Waals surface area contributed by atoms with Crippen LogP contribution in [0.2, 0.25) is 5.02 Å². The molecule has 0 unspecified atom stereocenters. The Morgan fingerprint density at radius 1 is 1.22 bits per heavy atom. The van der Waals surface area contributed by atoms with Gasteiger partial charge >= 0.3 is 0 Å². The van der Waals surface area contributed by atoms with E-state index in [1.807, 2.05) is 0 Å². The average Bonchev–Trinajstić information content (AvgIpc) is 2.34. The van der Waals surface area contributed by atoms with Crippen molar-refractivity contribution >= 4 is 17.4 Å². The molecule has 0 aliphatic rings. The Bertz CT molecular complexity index is 596. The summed E-state index contributed by atoms with van der Waals surface area (Å²) in [4.78, 5) is 11.4. The zero-order chi connectivity index (χ0) is 13.1. The molecule has 18 heavy (non-hydrogen) atoms. The summed E-state index contributed by atoms with van der Waals surface area (Å²) in [6.45, 7) is 1.46. The Balaban J connectivity index is 2.34. The molecule has 2 nitrogen and oxygen atoms in total. The highest BCUT2D eigenvalue weighted by atomic mass is 35.5. The fourth-order valence-corrected chi connectivity index (χ4v) is 1.68. The molecule has 0 heterocycles. The molecule has 0 aliphatic heterocycles. The summed E-state index contributed by atoms with van der Waals surface area (Å²) >= 11 is 5.66. The fraction of sp³-hybridized carbons (Fsp3) is 0.0714. The quantitative estimate of drug-likeness (QED) is 0.765. The van der Waals surface area contributed by atoms with Gasteiger partial charge in [0.15, 0.2) is 5.78 Å². The van der Waals surface area contributed by atoms with Gasteiger partial charge in [0, 0.05) is 6.07 Å². The Hall–Kier alpha value is -1.87. The molecule has 2 aromatic rings. The van der Waals surface area contributed by atoms with E-state index in [0.717, 1.165) is 0 Å². The highest BCUT2D eigenvalue weighted by molar-refractivity contribution is 6.30. The van der Waals surface area contributed by atoms with Crippen LogP contribution in [0, 0.1) is 5.82 Å². The van der Waals surface area contributed by atoms with Crippen molar-refractivity contribution < 1.29 is 13.9 Å². The second kappa shape index (κ2) is 5.19. The first-order valence-corrected chi connectivity index (χ1v) is 5.68. The molecule has 0 spiro atoms. The van der Waals surface area contributed by atoms with Crippen LogP contribution in [0.25, 0.3) is 0 Å². The van der Waals surface area contributed by atoms with Crippen LogP contribution in [-0.2, 0) is 0 Å². The zero-order valence-corrected chi connectivity index (χ0v) is 10.4. The van der Waals surface area contributed by atoms with E-state index >= 15 is 0 Å². The topological polar surface area (TPSA) is 26.3 Å². The number of Topliss-reactive ketones (excluding diaryl/α,β-unsaturated/α-hetero) is 1. The van der Waals surface area contributed by atoms with E-state index < -0.39 is 5.82 Å². The number of benzene rings is 2. The largest absolute Gasteiger partial charge is 0.457 e. The normalized spacial score (nSPS) is 10.2. The van der Waals surface area contributed by atoms with Crippen molar-refractivity contribution in [2.75, 3.05) is 0 Å². The highest BCUT2D eigenvalue weighted by Gasteiger charge is 2.09. The first kappa shape index (κ1) is 12.6. The third-order valence-electron chi connectivity index (χ3n) is 2.39. The lowest BCUT2D eigenvalue weighted by molar-refractivity contribution is 0.101. The molecule has 0 radical (unpaired) electrons. The second-order valence-electron chi connectivity index (χ2n) is 3.73. The summed E-state index contributed by atoms with van der Waals surface area (Å²) in [6.07, 6.45) is 0.